The summed E-state index contributed by atoms with van der Waals surface area (Å²) in [6, 6.07) is 1.60. The van der Waals surface area contributed by atoms with Gasteiger partial charge in [0.15, 0.2) is 0 Å². The third-order valence-electron chi connectivity index (χ3n) is 7.42. The van der Waals surface area contributed by atoms with Crippen molar-refractivity contribution >= 4 is 23.1 Å². The lowest BCUT2D eigenvalue weighted by molar-refractivity contribution is -0.139. The van der Waals surface area contributed by atoms with E-state index in [9.17, 15) is 4.79 Å². The van der Waals surface area contributed by atoms with Gasteiger partial charge >= 0.3 is 8.80 Å². The van der Waals surface area contributed by atoms with Crippen LogP contribution in [-0.4, -0.2) is 44.4 Å². The lowest BCUT2D eigenvalue weighted by Crippen LogP contribution is -2.52. The van der Waals surface area contributed by atoms with Crippen molar-refractivity contribution in [2.75, 3.05) is 21.3 Å². The molecule has 2 saturated carbocycles. The van der Waals surface area contributed by atoms with E-state index in [0.29, 0.717) is 17.1 Å². The van der Waals surface area contributed by atoms with Crippen molar-refractivity contribution in [2.24, 2.45) is 5.92 Å². The minimum Gasteiger partial charge on any atom is -0.518 e. The molecule has 0 aliphatic heterocycles. The van der Waals surface area contributed by atoms with Gasteiger partial charge in [-0.1, -0.05) is 58.8 Å². The largest absolute Gasteiger partial charge is 0.518 e. The van der Waals surface area contributed by atoms with Gasteiger partial charge in [0, 0.05) is 27.4 Å². The van der Waals surface area contributed by atoms with Crippen LogP contribution in [0.25, 0.3) is 0 Å². The Morgan fingerprint density at radius 3 is 1.69 bits per heavy atom. The lowest BCUT2D eigenvalue weighted by atomic mass is 9.99. The molecule has 1 unspecified atom stereocenters. The quantitative estimate of drug-likeness (QED) is 0.362. The molecule has 0 aromatic rings. The molecular weight excluding hydrogens is 400 g/mol. The predicted octanol–water partition coefficient (Wildman–Crippen LogP) is 6.07. The molecule has 0 radical (unpaired) electrons. The standard InChI is InChI=1S/C22H44O5Si2/c1-6-17-28(20-13-9-7-10-14-20,21-15-11-8-12-16-21)27-22(23)19(2)18-29(24-3,25-4)26-5/h19-21H,6-18H2,1-5H3. The fourth-order valence-electron chi connectivity index (χ4n) is 5.78. The Morgan fingerprint density at radius 2 is 1.31 bits per heavy atom. The molecule has 0 spiro atoms. The molecule has 0 N–H and O–H groups in total. The first kappa shape index (κ1) is 25.0. The van der Waals surface area contributed by atoms with E-state index in [-0.39, 0.29) is 11.9 Å². The van der Waals surface area contributed by atoms with Crippen molar-refractivity contribution in [3.05, 3.63) is 0 Å². The van der Waals surface area contributed by atoms with E-state index in [4.69, 9.17) is 17.7 Å². The van der Waals surface area contributed by atoms with E-state index in [1.165, 1.54) is 64.2 Å². The summed E-state index contributed by atoms with van der Waals surface area (Å²) >= 11 is 0. The average Bonchev–Trinajstić information content (AvgIpc) is 2.78. The van der Waals surface area contributed by atoms with Crippen LogP contribution in [0.3, 0.4) is 0 Å². The smallest absolute Gasteiger partial charge is 0.501 e. The first-order valence-electron chi connectivity index (χ1n) is 11.8. The molecule has 2 rings (SSSR count). The number of carbonyl (C=O) groups excluding carboxylic acids is 1. The van der Waals surface area contributed by atoms with Crippen molar-refractivity contribution in [1.29, 1.82) is 0 Å². The van der Waals surface area contributed by atoms with Crippen LogP contribution in [0.5, 0.6) is 0 Å². The van der Waals surface area contributed by atoms with E-state index in [0.717, 1.165) is 12.5 Å². The van der Waals surface area contributed by atoms with Crippen molar-refractivity contribution in [2.45, 2.75) is 108 Å². The molecule has 29 heavy (non-hydrogen) atoms. The van der Waals surface area contributed by atoms with E-state index >= 15 is 0 Å². The highest BCUT2D eigenvalue weighted by molar-refractivity contribution is 6.78. The number of hydrogen-bond acceptors (Lipinski definition) is 5. The Bertz CT molecular complexity index is 459. The summed E-state index contributed by atoms with van der Waals surface area (Å²) in [7, 11) is -0.158. The van der Waals surface area contributed by atoms with Gasteiger partial charge in [-0.2, -0.15) is 0 Å². The second-order valence-corrected chi connectivity index (χ2v) is 16.4. The molecule has 170 valence electrons. The van der Waals surface area contributed by atoms with Crippen LogP contribution in [-0.2, 0) is 22.5 Å². The third-order valence-corrected chi connectivity index (χ3v) is 16.2. The average molecular weight is 445 g/mol. The third kappa shape index (κ3) is 6.15. The fraction of sp³-hybridized carbons (Fsp3) is 0.955. The molecule has 2 fully saturated rings. The molecule has 0 saturated heterocycles. The number of carbonyl (C=O) groups is 1. The van der Waals surface area contributed by atoms with E-state index in [1.807, 2.05) is 6.92 Å². The van der Waals surface area contributed by atoms with Crippen LogP contribution in [0.15, 0.2) is 0 Å². The SMILES string of the molecule is CCC[Si](OC(=O)C(C)C[Si](OC)(OC)OC)(C1CCCCC1)C1CCCCC1. The summed E-state index contributed by atoms with van der Waals surface area (Å²) in [6.45, 7) is 4.22. The van der Waals surface area contributed by atoms with Crippen molar-refractivity contribution in [1.82, 2.24) is 0 Å². The lowest BCUT2D eigenvalue weighted by Gasteiger charge is -2.46. The van der Waals surface area contributed by atoms with Gasteiger partial charge < -0.3 is 17.7 Å². The molecule has 0 amide bonds. The molecular formula is C22H44O5Si2. The molecule has 2 aliphatic carbocycles. The summed E-state index contributed by atoms with van der Waals surface area (Å²) in [6.07, 6.45) is 14.0. The Kier molecular flexibility index (Phi) is 10.3. The first-order valence-corrected chi connectivity index (χ1v) is 16.1. The van der Waals surface area contributed by atoms with Gasteiger partial charge in [0.05, 0.1) is 5.92 Å². The van der Waals surface area contributed by atoms with Crippen LogP contribution in [0.2, 0.25) is 23.2 Å². The highest BCUT2D eigenvalue weighted by Crippen LogP contribution is 2.51. The Balaban J connectivity index is 2.23. The Hall–Kier alpha value is -0.216. The minimum absolute atomic E-state index is 0.0377. The van der Waals surface area contributed by atoms with Crippen LogP contribution in [0.4, 0.5) is 0 Å². The van der Waals surface area contributed by atoms with Crippen LogP contribution >= 0.6 is 0 Å². The number of hydrogen-bond donors (Lipinski definition) is 0. The van der Waals surface area contributed by atoms with E-state index < -0.39 is 17.1 Å². The molecule has 0 aromatic carbocycles. The zero-order valence-corrected chi connectivity index (χ0v) is 21.5. The van der Waals surface area contributed by atoms with Gasteiger partial charge in [0.1, 0.15) is 0 Å². The molecule has 1 atom stereocenters. The molecule has 2 aliphatic rings. The molecule has 0 heterocycles. The molecule has 0 bridgehead atoms. The highest BCUT2D eigenvalue weighted by atomic mass is 28.4. The summed E-state index contributed by atoms with van der Waals surface area (Å²) in [5.41, 5.74) is 1.29. The van der Waals surface area contributed by atoms with Crippen LogP contribution < -0.4 is 0 Å². The summed E-state index contributed by atoms with van der Waals surface area (Å²) < 4.78 is 23.5. The highest BCUT2D eigenvalue weighted by Gasteiger charge is 2.52. The van der Waals surface area contributed by atoms with Gasteiger partial charge in [0.25, 0.3) is 14.3 Å². The van der Waals surface area contributed by atoms with Crippen molar-refractivity contribution in [3.63, 3.8) is 0 Å². The van der Waals surface area contributed by atoms with E-state index in [2.05, 4.69) is 6.92 Å². The monoisotopic (exact) mass is 444 g/mol. The Labute approximate surface area is 180 Å². The zero-order valence-electron chi connectivity index (χ0n) is 19.5. The maximum atomic E-state index is 13.4. The second kappa shape index (κ2) is 12.0. The summed E-state index contributed by atoms with van der Waals surface area (Å²) in [5, 5.41) is 0. The summed E-state index contributed by atoms with van der Waals surface area (Å²) in [4.78, 5) is 13.4. The molecule has 7 heteroatoms. The minimum atomic E-state index is -2.80. The van der Waals surface area contributed by atoms with Gasteiger partial charge in [-0.3, -0.25) is 4.79 Å². The zero-order chi connectivity index (χ0) is 21.3. The maximum Gasteiger partial charge on any atom is 0.501 e. The van der Waals surface area contributed by atoms with Crippen molar-refractivity contribution in [3.8, 4) is 0 Å². The molecule has 0 aromatic heterocycles. The normalized spacial score (nSPS) is 21.1. The Morgan fingerprint density at radius 1 is 0.862 bits per heavy atom. The molecule has 5 nitrogen and oxygen atoms in total. The van der Waals surface area contributed by atoms with Gasteiger partial charge in [0.2, 0.25) is 0 Å². The second-order valence-electron chi connectivity index (χ2n) is 9.20. The summed E-state index contributed by atoms with van der Waals surface area (Å²) in [5.74, 6) is -0.304. The van der Waals surface area contributed by atoms with Crippen LogP contribution in [0.1, 0.15) is 84.5 Å². The first-order chi connectivity index (χ1) is 14.0. The van der Waals surface area contributed by atoms with Gasteiger partial charge in [-0.05, 0) is 42.8 Å². The van der Waals surface area contributed by atoms with Crippen molar-refractivity contribution < 1.29 is 22.5 Å². The van der Waals surface area contributed by atoms with E-state index in [1.54, 1.807) is 21.3 Å². The van der Waals surface area contributed by atoms with Crippen LogP contribution in [0, 0.1) is 5.92 Å². The number of rotatable bonds is 11. The topological polar surface area (TPSA) is 54.0 Å². The predicted molar refractivity (Wildman–Crippen MR) is 121 cm³/mol. The van der Waals surface area contributed by atoms with Gasteiger partial charge in [-0.15, -0.1) is 0 Å². The fourth-order valence-corrected chi connectivity index (χ4v) is 13.7. The van der Waals surface area contributed by atoms with Gasteiger partial charge in [-0.25, -0.2) is 0 Å². The maximum absolute atomic E-state index is 13.4.